The van der Waals surface area contributed by atoms with Crippen LogP contribution in [0.25, 0.3) is 54.2 Å². The third-order valence-electron chi connectivity index (χ3n) is 7.01. The summed E-state index contributed by atoms with van der Waals surface area (Å²) in [7, 11) is 0. The van der Waals surface area contributed by atoms with Gasteiger partial charge in [-0.25, -0.2) is 0 Å². The number of hydrogen-bond donors (Lipinski definition) is 0. The molecule has 0 aliphatic carbocycles. The number of benzene rings is 7. The van der Waals surface area contributed by atoms with E-state index in [4.69, 9.17) is 10.2 Å². The predicted molar refractivity (Wildman–Crippen MR) is 148 cm³/mol. The van der Waals surface area contributed by atoms with Gasteiger partial charge in [0.1, 0.15) is 0 Å². The van der Waals surface area contributed by atoms with Gasteiger partial charge in [-0.15, -0.1) is 0 Å². The Morgan fingerprint density at radius 1 is 0.457 bits per heavy atom. The predicted octanol–water partition coefficient (Wildman–Crippen LogP) is 9.69. The largest absolute Gasteiger partial charge is 0.184 e. The van der Waals surface area contributed by atoms with Crippen LogP contribution >= 0.6 is 0 Å². The quantitative estimate of drug-likeness (QED) is 0.190. The lowest BCUT2D eigenvalue weighted by molar-refractivity contribution is 0.969. The molecule has 0 N–H and O–H groups in total. The molecule has 0 amide bonds. The first-order chi connectivity index (χ1) is 17.4. The van der Waals surface area contributed by atoms with Gasteiger partial charge in [0.25, 0.3) is 0 Å². The summed E-state index contributed by atoms with van der Waals surface area (Å²) >= 11 is 0. The molecule has 2 heteroatoms. The summed E-state index contributed by atoms with van der Waals surface area (Å²) in [5.74, 6) is 0. The maximum absolute atomic E-state index is 4.76. The second-order valence-corrected chi connectivity index (χ2v) is 9.03. The molecule has 0 atom stereocenters. The van der Waals surface area contributed by atoms with Crippen LogP contribution in [0.1, 0.15) is 5.56 Å². The number of nitrogens with zero attached hydrogens (tertiary/aromatic N) is 2. The number of rotatable bonds is 4. The van der Waals surface area contributed by atoms with Crippen LogP contribution in [-0.2, 0) is 6.54 Å². The van der Waals surface area contributed by atoms with Gasteiger partial charge in [0.15, 0.2) is 0 Å². The van der Waals surface area contributed by atoms with Crippen molar-refractivity contribution in [3.8, 4) is 11.1 Å². The molecule has 0 fully saturated rings. The number of hydrogen-bond acceptors (Lipinski definition) is 2. The lowest BCUT2D eigenvalue weighted by Crippen LogP contribution is -1.89. The highest BCUT2D eigenvalue weighted by Crippen LogP contribution is 2.38. The van der Waals surface area contributed by atoms with E-state index in [9.17, 15) is 0 Å². The minimum atomic E-state index is 0.537. The molecular weight excluding hydrogens is 424 g/mol. The lowest BCUT2D eigenvalue weighted by atomic mass is 9.92. The number of azo groups is 1. The van der Waals surface area contributed by atoms with E-state index in [2.05, 4.69) is 115 Å². The second kappa shape index (κ2) is 8.03. The molecule has 7 aromatic rings. The Morgan fingerprint density at radius 3 is 1.97 bits per heavy atom. The van der Waals surface area contributed by atoms with Gasteiger partial charge in [0, 0.05) is 5.56 Å². The van der Waals surface area contributed by atoms with Crippen LogP contribution in [0.3, 0.4) is 0 Å². The Balaban J connectivity index is 1.33. The Bertz CT molecular complexity index is 1850. The SMILES string of the molecule is c1ccc(-c2c(N=NCc3ccc4ccc5cccc6ccc3c4c56)ccc3ccccc23)cc1. The van der Waals surface area contributed by atoms with Crippen molar-refractivity contribution in [1.82, 2.24) is 0 Å². The molecule has 0 saturated heterocycles. The van der Waals surface area contributed by atoms with Crippen molar-refractivity contribution in [3.05, 3.63) is 127 Å². The highest BCUT2D eigenvalue weighted by atomic mass is 15.1. The minimum Gasteiger partial charge on any atom is -0.184 e. The van der Waals surface area contributed by atoms with Gasteiger partial charge in [0.05, 0.1) is 12.2 Å². The maximum atomic E-state index is 4.76. The monoisotopic (exact) mass is 446 g/mol. The van der Waals surface area contributed by atoms with Crippen LogP contribution in [0.2, 0.25) is 0 Å². The third-order valence-corrected chi connectivity index (χ3v) is 7.01. The first-order valence-electron chi connectivity index (χ1n) is 12.0. The van der Waals surface area contributed by atoms with Crippen LogP contribution in [-0.4, -0.2) is 0 Å². The summed E-state index contributed by atoms with van der Waals surface area (Å²) in [6.07, 6.45) is 0. The molecule has 2 nitrogen and oxygen atoms in total. The summed E-state index contributed by atoms with van der Waals surface area (Å²) in [4.78, 5) is 0. The van der Waals surface area contributed by atoms with E-state index in [-0.39, 0.29) is 0 Å². The van der Waals surface area contributed by atoms with Crippen LogP contribution in [0.4, 0.5) is 5.69 Å². The van der Waals surface area contributed by atoms with Gasteiger partial charge in [-0.3, -0.25) is 0 Å². The van der Waals surface area contributed by atoms with Crippen molar-refractivity contribution in [1.29, 1.82) is 0 Å². The summed E-state index contributed by atoms with van der Waals surface area (Å²) in [6, 6.07) is 43.0. The van der Waals surface area contributed by atoms with Gasteiger partial charge in [-0.2, -0.15) is 10.2 Å². The summed E-state index contributed by atoms with van der Waals surface area (Å²) in [5, 5.41) is 19.6. The fourth-order valence-corrected chi connectivity index (χ4v) is 5.37. The van der Waals surface area contributed by atoms with E-state index in [1.165, 1.54) is 48.7 Å². The van der Waals surface area contributed by atoms with E-state index in [1.807, 2.05) is 6.07 Å². The fourth-order valence-electron chi connectivity index (χ4n) is 5.37. The molecule has 7 rings (SSSR count). The zero-order valence-corrected chi connectivity index (χ0v) is 19.1. The van der Waals surface area contributed by atoms with Crippen LogP contribution in [0, 0.1) is 0 Å². The number of fused-ring (bicyclic) bond motifs is 1. The molecule has 0 spiro atoms. The zero-order valence-electron chi connectivity index (χ0n) is 19.1. The van der Waals surface area contributed by atoms with E-state index >= 15 is 0 Å². The minimum absolute atomic E-state index is 0.537. The molecule has 0 unspecified atom stereocenters. The van der Waals surface area contributed by atoms with Crippen LogP contribution < -0.4 is 0 Å². The molecular formula is C33H22N2. The highest BCUT2D eigenvalue weighted by Gasteiger charge is 2.12. The van der Waals surface area contributed by atoms with E-state index in [0.29, 0.717) is 6.54 Å². The second-order valence-electron chi connectivity index (χ2n) is 9.03. The van der Waals surface area contributed by atoms with Crippen LogP contribution in [0.15, 0.2) is 132 Å². The summed E-state index contributed by atoms with van der Waals surface area (Å²) in [6.45, 7) is 0.537. The first-order valence-corrected chi connectivity index (χ1v) is 12.0. The topological polar surface area (TPSA) is 24.7 Å². The first kappa shape index (κ1) is 19.9. The summed E-state index contributed by atoms with van der Waals surface area (Å²) in [5.41, 5.74) is 4.37. The fraction of sp³-hybridized carbons (Fsp3) is 0.0303. The molecule has 0 aliphatic heterocycles. The highest BCUT2D eigenvalue weighted by molar-refractivity contribution is 6.23. The van der Waals surface area contributed by atoms with E-state index < -0.39 is 0 Å². The van der Waals surface area contributed by atoms with Crippen LogP contribution in [0.5, 0.6) is 0 Å². The van der Waals surface area contributed by atoms with Crippen molar-refractivity contribution in [3.63, 3.8) is 0 Å². The standard InChI is InChI=1S/C33H22N2/c1-2-8-23(9-3-1)32-28-12-5-4-7-22(28)18-20-30(32)35-34-21-27-16-15-26-14-13-24-10-6-11-25-17-19-29(27)33(26)31(24)25/h1-20H,21H2. The van der Waals surface area contributed by atoms with E-state index in [0.717, 1.165) is 16.8 Å². The van der Waals surface area contributed by atoms with Crippen molar-refractivity contribution in [2.45, 2.75) is 6.54 Å². The molecule has 7 aromatic carbocycles. The van der Waals surface area contributed by atoms with Gasteiger partial charge < -0.3 is 0 Å². The van der Waals surface area contributed by atoms with Crippen molar-refractivity contribution in [2.24, 2.45) is 10.2 Å². The maximum Gasteiger partial charge on any atom is 0.0937 e. The van der Waals surface area contributed by atoms with Crippen molar-refractivity contribution >= 4 is 48.8 Å². The Labute approximate surface area is 203 Å². The zero-order chi connectivity index (χ0) is 23.2. The lowest BCUT2D eigenvalue weighted by Gasteiger charge is -2.13. The Hall–Kier alpha value is -4.56. The van der Waals surface area contributed by atoms with Gasteiger partial charge in [-0.1, -0.05) is 115 Å². The molecule has 0 aliphatic rings. The summed E-state index contributed by atoms with van der Waals surface area (Å²) < 4.78 is 0. The van der Waals surface area contributed by atoms with Crippen molar-refractivity contribution < 1.29 is 0 Å². The average molecular weight is 447 g/mol. The van der Waals surface area contributed by atoms with Gasteiger partial charge in [-0.05, 0) is 60.3 Å². The molecule has 0 heterocycles. The average Bonchev–Trinajstić information content (AvgIpc) is 2.92. The molecule has 35 heavy (non-hydrogen) atoms. The third kappa shape index (κ3) is 3.26. The normalized spacial score (nSPS) is 12.0. The van der Waals surface area contributed by atoms with E-state index in [1.54, 1.807) is 0 Å². The molecule has 0 bridgehead atoms. The Morgan fingerprint density at radius 2 is 1.11 bits per heavy atom. The Kier molecular flexibility index (Phi) is 4.56. The molecule has 0 aromatic heterocycles. The smallest absolute Gasteiger partial charge is 0.0937 e. The molecule has 0 radical (unpaired) electrons. The van der Waals surface area contributed by atoms with Gasteiger partial charge in [0.2, 0.25) is 0 Å². The van der Waals surface area contributed by atoms with Crippen molar-refractivity contribution in [2.75, 3.05) is 0 Å². The molecule has 0 saturated carbocycles. The van der Waals surface area contributed by atoms with Gasteiger partial charge >= 0.3 is 0 Å². The molecule has 164 valence electrons.